The SMILES string of the molecule is CCOc1ccc(CNC(=O)c2cc3c(=O)n(CCOc4ccc(Cl)cc4)c(=O)n(C)c3cn2)cn1. The van der Waals surface area contributed by atoms with Crippen molar-refractivity contribution in [2.24, 2.45) is 7.05 Å². The topological polar surface area (TPSA) is 117 Å². The summed E-state index contributed by atoms with van der Waals surface area (Å²) >= 11 is 5.87. The zero-order valence-corrected chi connectivity index (χ0v) is 20.5. The molecule has 0 spiro atoms. The van der Waals surface area contributed by atoms with Crippen LogP contribution < -0.4 is 26.0 Å². The maximum Gasteiger partial charge on any atom is 0.331 e. The summed E-state index contributed by atoms with van der Waals surface area (Å²) in [6.45, 7) is 2.72. The summed E-state index contributed by atoms with van der Waals surface area (Å²) in [6, 6.07) is 11.7. The van der Waals surface area contributed by atoms with Crippen molar-refractivity contribution in [3.8, 4) is 11.6 Å². The number of hydrogen-bond acceptors (Lipinski definition) is 7. The standard InChI is InChI=1S/C25H24ClN5O5/c1-3-35-22-9-4-16(13-28-22)14-29-23(32)20-12-19-21(15-27-20)30(2)25(34)31(24(19)33)10-11-36-18-7-5-17(26)6-8-18/h4-9,12-13,15H,3,10-11,14H2,1-2H3,(H,29,32). The van der Waals surface area contributed by atoms with Gasteiger partial charge in [0.2, 0.25) is 5.88 Å². The molecule has 1 N–H and O–H groups in total. The van der Waals surface area contributed by atoms with Crippen molar-refractivity contribution >= 4 is 28.4 Å². The number of rotatable bonds is 9. The molecule has 10 nitrogen and oxygen atoms in total. The van der Waals surface area contributed by atoms with Gasteiger partial charge in [0.1, 0.15) is 18.1 Å². The predicted molar refractivity (Wildman–Crippen MR) is 135 cm³/mol. The maximum atomic E-state index is 13.1. The Morgan fingerprint density at radius 3 is 2.53 bits per heavy atom. The van der Waals surface area contributed by atoms with Crippen molar-refractivity contribution in [2.75, 3.05) is 13.2 Å². The van der Waals surface area contributed by atoms with E-state index in [1.807, 2.05) is 6.92 Å². The zero-order valence-electron chi connectivity index (χ0n) is 19.7. The fraction of sp³-hybridized carbons (Fsp3) is 0.240. The Kier molecular flexibility index (Phi) is 7.65. The molecule has 0 saturated carbocycles. The number of ether oxygens (including phenoxy) is 2. The summed E-state index contributed by atoms with van der Waals surface area (Å²) in [5, 5.41) is 3.53. The Morgan fingerprint density at radius 1 is 1.06 bits per heavy atom. The van der Waals surface area contributed by atoms with Crippen LogP contribution in [0.3, 0.4) is 0 Å². The van der Waals surface area contributed by atoms with E-state index in [2.05, 4.69) is 15.3 Å². The number of nitrogens with zero attached hydrogens (tertiary/aromatic N) is 4. The molecule has 11 heteroatoms. The van der Waals surface area contributed by atoms with E-state index in [1.165, 1.54) is 16.8 Å². The number of nitrogens with one attached hydrogen (secondary N) is 1. The maximum absolute atomic E-state index is 13.1. The number of amides is 1. The zero-order chi connectivity index (χ0) is 25.7. The van der Waals surface area contributed by atoms with Crippen molar-refractivity contribution in [2.45, 2.75) is 20.0 Å². The first kappa shape index (κ1) is 24.9. The molecule has 1 amide bonds. The molecular formula is C25H24ClN5O5. The van der Waals surface area contributed by atoms with Gasteiger partial charge in [-0.25, -0.2) is 14.8 Å². The highest BCUT2D eigenvalue weighted by molar-refractivity contribution is 6.30. The third-order valence-corrected chi connectivity index (χ3v) is 5.66. The molecule has 4 rings (SSSR count). The monoisotopic (exact) mass is 509 g/mol. The molecule has 0 radical (unpaired) electrons. The first-order valence-electron chi connectivity index (χ1n) is 11.2. The number of hydrogen-bond donors (Lipinski definition) is 1. The van der Waals surface area contributed by atoms with Gasteiger partial charge in [-0.2, -0.15) is 0 Å². The van der Waals surface area contributed by atoms with Crippen molar-refractivity contribution in [3.63, 3.8) is 0 Å². The minimum atomic E-state index is -0.528. The van der Waals surface area contributed by atoms with Crippen molar-refractivity contribution in [1.29, 1.82) is 0 Å². The summed E-state index contributed by atoms with van der Waals surface area (Å²) in [7, 11) is 1.54. The quantitative estimate of drug-likeness (QED) is 0.368. The van der Waals surface area contributed by atoms with Crippen LogP contribution >= 0.6 is 11.6 Å². The van der Waals surface area contributed by atoms with Gasteiger partial charge in [0.15, 0.2) is 0 Å². The number of carbonyl (C=O) groups is 1. The van der Waals surface area contributed by atoms with Crippen LogP contribution in [0.5, 0.6) is 11.6 Å². The second kappa shape index (κ2) is 11.0. The molecule has 3 aromatic heterocycles. The van der Waals surface area contributed by atoms with E-state index in [4.69, 9.17) is 21.1 Å². The van der Waals surface area contributed by atoms with Crippen molar-refractivity contribution < 1.29 is 14.3 Å². The molecular weight excluding hydrogens is 486 g/mol. The molecule has 0 atom stereocenters. The lowest BCUT2D eigenvalue weighted by molar-refractivity contribution is 0.0946. The molecule has 0 saturated heterocycles. The molecule has 0 unspecified atom stereocenters. The molecule has 0 aliphatic carbocycles. The van der Waals surface area contributed by atoms with E-state index in [9.17, 15) is 14.4 Å². The Hall–Kier alpha value is -4.18. The molecule has 4 aromatic rings. The van der Waals surface area contributed by atoms with Gasteiger partial charge in [0, 0.05) is 30.9 Å². The lowest BCUT2D eigenvalue weighted by atomic mass is 10.2. The normalized spacial score (nSPS) is 10.9. The van der Waals surface area contributed by atoms with E-state index in [1.54, 1.807) is 49.6 Å². The van der Waals surface area contributed by atoms with Crippen LogP contribution in [0, 0.1) is 0 Å². The highest BCUT2D eigenvalue weighted by atomic mass is 35.5. The van der Waals surface area contributed by atoms with Crippen molar-refractivity contribution in [3.05, 3.63) is 92.0 Å². The minimum Gasteiger partial charge on any atom is -0.492 e. The van der Waals surface area contributed by atoms with E-state index < -0.39 is 17.2 Å². The first-order valence-corrected chi connectivity index (χ1v) is 11.6. The van der Waals surface area contributed by atoms with Gasteiger partial charge < -0.3 is 14.8 Å². The Labute approximate surface area is 211 Å². The lowest BCUT2D eigenvalue weighted by Gasteiger charge is -2.12. The number of aryl methyl sites for hydroxylation is 1. The second-order valence-corrected chi connectivity index (χ2v) is 8.24. The largest absolute Gasteiger partial charge is 0.492 e. The molecule has 36 heavy (non-hydrogen) atoms. The summed E-state index contributed by atoms with van der Waals surface area (Å²) in [5.74, 6) is 0.608. The predicted octanol–water partition coefficient (Wildman–Crippen LogP) is 2.55. The van der Waals surface area contributed by atoms with E-state index in [0.717, 1.165) is 10.1 Å². The Morgan fingerprint density at radius 2 is 1.83 bits per heavy atom. The van der Waals surface area contributed by atoms with Crippen LogP contribution in [0.1, 0.15) is 23.0 Å². The molecule has 3 heterocycles. The van der Waals surface area contributed by atoms with Gasteiger partial charge in [0.25, 0.3) is 11.5 Å². The van der Waals surface area contributed by atoms with Crippen LogP contribution in [-0.2, 0) is 20.1 Å². The van der Waals surface area contributed by atoms with Crippen LogP contribution in [0.25, 0.3) is 10.9 Å². The Balaban J connectivity index is 1.51. The lowest BCUT2D eigenvalue weighted by Crippen LogP contribution is -2.40. The second-order valence-electron chi connectivity index (χ2n) is 7.81. The smallest absolute Gasteiger partial charge is 0.331 e. The number of pyridine rings is 2. The van der Waals surface area contributed by atoms with Gasteiger partial charge in [-0.15, -0.1) is 0 Å². The fourth-order valence-electron chi connectivity index (χ4n) is 3.53. The summed E-state index contributed by atoms with van der Waals surface area (Å²) < 4.78 is 13.3. The highest BCUT2D eigenvalue weighted by Gasteiger charge is 2.15. The molecule has 1 aromatic carbocycles. The van der Waals surface area contributed by atoms with Gasteiger partial charge in [0.05, 0.1) is 30.3 Å². The number of benzene rings is 1. The van der Waals surface area contributed by atoms with Crippen LogP contribution in [0.4, 0.5) is 0 Å². The molecule has 0 fully saturated rings. The van der Waals surface area contributed by atoms with E-state index >= 15 is 0 Å². The van der Waals surface area contributed by atoms with Crippen LogP contribution in [0.15, 0.2) is 64.4 Å². The van der Waals surface area contributed by atoms with Gasteiger partial charge in [-0.05, 0) is 42.8 Å². The number of halogens is 1. The van der Waals surface area contributed by atoms with Gasteiger partial charge in [-0.3, -0.25) is 18.7 Å². The minimum absolute atomic E-state index is 0.0265. The third kappa shape index (κ3) is 5.55. The molecule has 0 bridgehead atoms. The fourth-order valence-corrected chi connectivity index (χ4v) is 3.66. The summed E-state index contributed by atoms with van der Waals surface area (Å²) in [4.78, 5) is 46.9. The van der Waals surface area contributed by atoms with E-state index in [-0.39, 0.29) is 30.8 Å². The van der Waals surface area contributed by atoms with Crippen LogP contribution in [0.2, 0.25) is 5.02 Å². The van der Waals surface area contributed by atoms with E-state index in [0.29, 0.717) is 28.8 Å². The third-order valence-electron chi connectivity index (χ3n) is 5.41. The highest BCUT2D eigenvalue weighted by Crippen LogP contribution is 2.15. The Bertz CT molecular complexity index is 1500. The van der Waals surface area contributed by atoms with Gasteiger partial charge in [-0.1, -0.05) is 17.7 Å². The summed E-state index contributed by atoms with van der Waals surface area (Å²) in [5.41, 5.74) is 0.125. The number of aromatic nitrogens is 4. The molecule has 0 aliphatic heterocycles. The van der Waals surface area contributed by atoms with Crippen LogP contribution in [-0.4, -0.2) is 38.2 Å². The summed E-state index contributed by atoms with van der Waals surface area (Å²) in [6.07, 6.45) is 2.96. The number of fused-ring (bicyclic) bond motifs is 1. The average molecular weight is 510 g/mol. The molecule has 186 valence electrons. The molecule has 0 aliphatic rings. The average Bonchev–Trinajstić information content (AvgIpc) is 2.89. The number of carbonyl (C=O) groups excluding carboxylic acids is 1. The van der Waals surface area contributed by atoms with Crippen molar-refractivity contribution in [1.82, 2.24) is 24.4 Å². The first-order chi connectivity index (χ1) is 17.4. The van der Waals surface area contributed by atoms with Gasteiger partial charge >= 0.3 is 5.69 Å².